The Morgan fingerprint density at radius 3 is 2.62 bits per heavy atom. The van der Waals surface area contributed by atoms with Crippen LogP contribution in [0.1, 0.15) is 16.7 Å². The second-order valence-electron chi connectivity index (χ2n) is 5.26. The minimum absolute atomic E-state index is 0.272. The topological polar surface area (TPSA) is 55.4 Å². The van der Waals surface area contributed by atoms with E-state index in [2.05, 4.69) is 5.32 Å². The molecule has 4 nitrogen and oxygen atoms in total. The summed E-state index contributed by atoms with van der Waals surface area (Å²) in [6.07, 6.45) is 2.39. The molecule has 0 saturated carbocycles. The van der Waals surface area contributed by atoms with Crippen LogP contribution in [0.3, 0.4) is 0 Å². The number of anilines is 1. The third-order valence-corrected chi connectivity index (χ3v) is 3.53. The van der Waals surface area contributed by atoms with Gasteiger partial charge in [-0.25, -0.2) is 9.18 Å². The number of ether oxygens (including phenoxy) is 1. The zero-order valence-electron chi connectivity index (χ0n) is 13.5. The minimum Gasteiger partial charge on any atom is -0.452 e. The van der Waals surface area contributed by atoms with Gasteiger partial charge in [0.25, 0.3) is 5.91 Å². The van der Waals surface area contributed by atoms with E-state index in [9.17, 15) is 14.0 Å². The SMILES string of the molecule is Cc1cccc(NC(=O)COC(=O)/C=C/c2ccccc2F)c1C. The number of carbonyl (C=O) groups excluding carboxylic acids is 2. The quantitative estimate of drug-likeness (QED) is 0.674. The van der Waals surface area contributed by atoms with Crippen molar-refractivity contribution in [2.75, 3.05) is 11.9 Å². The van der Waals surface area contributed by atoms with Gasteiger partial charge in [-0.1, -0.05) is 30.3 Å². The van der Waals surface area contributed by atoms with Crippen molar-refractivity contribution in [3.63, 3.8) is 0 Å². The molecule has 124 valence electrons. The van der Waals surface area contributed by atoms with Gasteiger partial charge < -0.3 is 10.1 Å². The Hall–Kier alpha value is -2.95. The Morgan fingerprint density at radius 1 is 1.12 bits per heavy atom. The molecule has 1 N–H and O–H groups in total. The molecule has 1 amide bonds. The zero-order valence-corrected chi connectivity index (χ0v) is 13.5. The highest BCUT2D eigenvalue weighted by atomic mass is 19.1. The molecule has 0 aromatic heterocycles. The van der Waals surface area contributed by atoms with E-state index >= 15 is 0 Å². The maximum absolute atomic E-state index is 13.4. The summed E-state index contributed by atoms with van der Waals surface area (Å²) in [7, 11) is 0. The van der Waals surface area contributed by atoms with E-state index in [4.69, 9.17) is 4.74 Å². The molecule has 0 heterocycles. The third-order valence-electron chi connectivity index (χ3n) is 3.53. The van der Waals surface area contributed by atoms with E-state index in [1.165, 1.54) is 18.2 Å². The number of rotatable bonds is 5. The molecule has 0 fully saturated rings. The van der Waals surface area contributed by atoms with Crippen LogP contribution in [0.4, 0.5) is 10.1 Å². The molecule has 24 heavy (non-hydrogen) atoms. The Balaban J connectivity index is 1.86. The van der Waals surface area contributed by atoms with Gasteiger partial charge in [-0.3, -0.25) is 4.79 Å². The lowest BCUT2D eigenvalue weighted by atomic mass is 10.1. The summed E-state index contributed by atoms with van der Waals surface area (Å²) < 4.78 is 18.2. The number of hydrogen-bond donors (Lipinski definition) is 1. The summed E-state index contributed by atoms with van der Waals surface area (Å²) in [6, 6.07) is 11.6. The molecule has 0 unspecified atom stereocenters. The number of amides is 1. The van der Waals surface area contributed by atoms with Crippen LogP contribution in [-0.2, 0) is 14.3 Å². The normalized spacial score (nSPS) is 10.6. The molecule has 0 atom stereocenters. The number of esters is 1. The van der Waals surface area contributed by atoms with E-state index in [1.54, 1.807) is 18.2 Å². The van der Waals surface area contributed by atoms with Crippen molar-refractivity contribution in [2.45, 2.75) is 13.8 Å². The molecule has 0 aliphatic rings. The molecule has 0 radical (unpaired) electrons. The molecule has 0 saturated heterocycles. The molecule has 2 rings (SSSR count). The molecular formula is C19H18FNO3. The van der Waals surface area contributed by atoms with Gasteiger partial charge in [-0.05, 0) is 43.2 Å². The Bertz CT molecular complexity index is 784. The molecular weight excluding hydrogens is 309 g/mol. The molecule has 0 aliphatic heterocycles. The van der Waals surface area contributed by atoms with E-state index in [-0.39, 0.29) is 5.56 Å². The Morgan fingerprint density at radius 2 is 1.88 bits per heavy atom. The van der Waals surface area contributed by atoms with Gasteiger partial charge >= 0.3 is 5.97 Å². The monoisotopic (exact) mass is 327 g/mol. The fraction of sp³-hybridized carbons (Fsp3) is 0.158. The maximum atomic E-state index is 13.4. The minimum atomic E-state index is -0.714. The van der Waals surface area contributed by atoms with Crippen LogP contribution in [0, 0.1) is 19.7 Å². The van der Waals surface area contributed by atoms with Gasteiger partial charge in [-0.2, -0.15) is 0 Å². The second-order valence-corrected chi connectivity index (χ2v) is 5.26. The van der Waals surface area contributed by atoms with Crippen LogP contribution in [0.15, 0.2) is 48.5 Å². The fourth-order valence-corrected chi connectivity index (χ4v) is 2.03. The Kier molecular flexibility index (Phi) is 5.84. The molecule has 2 aromatic rings. The van der Waals surface area contributed by atoms with Gasteiger partial charge in [0.15, 0.2) is 6.61 Å². The lowest BCUT2D eigenvalue weighted by Crippen LogP contribution is -2.20. The summed E-state index contributed by atoms with van der Waals surface area (Å²) in [5, 5.41) is 2.69. The highest BCUT2D eigenvalue weighted by molar-refractivity contribution is 5.95. The number of halogens is 1. The first-order chi connectivity index (χ1) is 11.5. The first-order valence-electron chi connectivity index (χ1n) is 7.43. The van der Waals surface area contributed by atoms with Crippen molar-refractivity contribution in [2.24, 2.45) is 0 Å². The predicted octanol–water partition coefficient (Wildman–Crippen LogP) is 3.64. The number of aryl methyl sites for hydroxylation is 1. The predicted molar refractivity (Wildman–Crippen MR) is 90.9 cm³/mol. The molecule has 2 aromatic carbocycles. The van der Waals surface area contributed by atoms with Crippen LogP contribution in [0.5, 0.6) is 0 Å². The third kappa shape index (κ3) is 4.78. The average Bonchev–Trinajstić information content (AvgIpc) is 2.56. The lowest BCUT2D eigenvalue weighted by molar-refractivity contribution is -0.142. The van der Waals surface area contributed by atoms with Crippen LogP contribution in [0.2, 0.25) is 0 Å². The van der Waals surface area contributed by atoms with Crippen molar-refractivity contribution in [1.82, 2.24) is 0 Å². The van der Waals surface area contributed by atoms with Crippen molar-refractivity contribution < 1.29 is 18.7 Å². The largest absolute Gasteiger partial charge is 0.452 e. The number of hydrogen-bond acceptors (Lipinski definition) is 3. The van der Waals surface area contributed by atoms with Crippen LogP contribution in [0.25, 0.3) is 6.08 Å². The fourth-order valence-electron chi connectivity index (χ4n) is 2.03. The van der Waals surface area contributed by atoms with Gasteiger partial charge in [0, 0.05) is 17.3 Å². The Labute approximate surface area is 140 Å². The summed E-state index contributed by atoms with van der Waals surface area (Å²) in [5.74, 6) is -1.58. The van der Waals surface area contributed by atoms with Crippen molar-refractivity contribution in [3.8, 4) is 0 Å². The van der Waals surface area contributed by atoms with E-state index in [0.717, 1.165) is 17.2 Å². The summed E-state index contributed by atoms with van der Waals surface area (Å²) in [5.41, 5.74) is 2.96. The van der Waals surface area contributed by atoms with E-state index < -0.39 is 24.3 Å². The summed E-state index contributed by atoms with van der Waals surface area (Å²) in [4.78, 5) is 23.4. The average molecular weight is 327 g/mol. The molecule has 5 heteroatoms. The number of benzene rings is 2. The smallest absolute Gasteiger partial charge is 0.331 e. The first-order valence-corrected chi connectivity index (χ1v) is 7.43. The second kappa shape index (κ2) is 8.06. The molecule has 0 aliphatic carbocycles. The highest BCUT2D eigenvalue weighted by Crippen LogP contribution is 2.17. The van der Waals surface area contributed by atoms with Crippen LogP contribution in [-0.4, -0.2) is 18.5 Å². The van der Waals surface area contributed by atoms with Crippen LogP contribution >= 0.6 is 0 Å². The van der Waals surface area contributed by atoms with Gasteiger partial charge in [0.2, 0.25) is 0 Å². The summed E-state index contributed by atoms with van der Waals surface area (Å²) in [6.45, 7) is 3.43. The molecule has 0 bridgehead atoms. The number of nitrogens with one attached hydrogen (secondary N) is 1. The number of carbonyl (C=O) groups is 2. The van der Waals surface area contributed by atoms with Gasteiger partial charge in [-0.15, -0.1) is 0 Å². The van der Waals surface area contributed by atoms with Gasteiger partial charge in [0.05, 0.1) is 0 Å². The maximum Gasteiger partial charge on any atom is 0.331 e. The summed E-state index contributed by atoms with van der Waals surface area (Å²) >= 11 is 0. The standard InChI is InChI=1S/C19H18FNO3/c1-13-6-5-9-17(14(13)2)21-18(22)12-24-19(23)11-10-15-7-3-4-8-16(15)20/h3-11H,12H2,1-2H3,(H,21,22)/b11-10+. The van der Waals surface area contributed by atoms with Gasteiger partial charge in [0.1, 0.15) is 5.82 Å². The lowest BCUT2D eigenvalue weighted by Gasteiger charge is -2.10. The zero-order chi connectivity index (χ0) is 17.5. The highest BCUT2D eigenvalue weighted by Gasteiger charge is 2.08. The first kappa shape index (κ1) is 17.4. The van der Waals surface area contributed by atoms with Crippen LogP contribution < -0.4 is 5.32 Å². The van der Waals surface area contributed by atoms with E-state index in [1.807, 2.05) is 26.0 Å². The molecule has 0 spiro atoms. The van der Waals surface area contributed by atoms with E-state index in [0.29, 0.717) is 5.69 Å². The van der Waals surface area contributed by atoms with Crippen molar-refractivity contribution >= 4 is 23.6 Å². The van der Waals surface area contributed by atoms with Crippen molar-refractivity contribution in [3.05, 3.63) is 71.0 Å². The van der Waals surface area contributed by atoms with Crippen molar-refractivity contribution in [1.29, 1.82) is 0 Å².